The maximum Gasteiger partial charge on any atom is 0.238 e. The Balaban J connectivity index is 0.686. The molecule has 1 aromatic carbocycles. The molecule has 2 atom stereocenters. The van der Waals surface area contributed by atoms with Crippen LogP contribution in [0.5, 0.6) is 0 Å². The predicted molar refractivity (Wildman–Crippen MR) is 280 cm³/mol. The fraction of sp³-hybridized carbons (Fsp3) is 0.614. The molecular weight excluding hydrogens is 919 g/mol. The van der Waals surface area contributed by atoms with Gasteiger partial charge in [-0.2, -0.15) is 0 Å². The standard InChI is InChI=1S/C57H73N11O5/c1-35(2)67-34-59-47-32-46(61-52(51(47)67)60-41-9-10-41)39-7-12-45-48(29-39)68(43-30-42(31-43)63-21-5-4-6-22-63)56(73)57(45)19-27-66(28-20-57)54(71)36(3)37-15-25-65(26-16-37)55(72)38-17-23-64(24-18-38)49-13-8-40(33-58-49)44-11-14-50(69)62-53(44)70/h7-8,12-13,29,32-38,41-44H,4-6,9-11,14-28,30-31H2,1-3H3,(H,60,61)(H,62,69,70). The summed E-state index contributed by atoms with van der Waals surface area (Å²) in [5.41, 5.74) is 6.07. The van der Waals surface area contributed by atoms with Gasteiger partial charge in [0.2, 0.25) is 29.5 Å². The second-order valence-corrected chi connectivity index (χ2v) is 23.2. The first-order valence-corrected chi connectivity index (χ1v) is 27.9. The number of fused-ring (bicyclic) bond motifs is 3. The Morgan fingerprint density at radius 3 is 2.22 bits per heavy atom. The van der Waals surface area contributed by atoms with E-state index in [2.05, 4.69) is 79.9 Å². The molecule has 2 N–H and O–H groups in total. The van der Waals surface area contributed by atoms with Crippen LogP contribution in [0, 0.1) is 17.8 Å². The number of imide groups is 1. The number of imidazole rings is 1. The summed E-state index contributed by atoms with van der Waals surface area (Å²) in [4.78, 5) is 93.4. The Labute approximate surface area is 429 Å². The van der Waals surface area contributed by atoms with Crippen molar-refractivity contribution in [1.82, 2.24) is 39.5 Å². The summed E-state index contributed by atoms with van der Waals surface area (Å²) < 4.78 is 2.20. The molecule has 2 aliphatic carbocycles. The van der Waals surface area contributed by atoms with Crippen LogP contribution < -0.4 is 20.4 Å². The lowest BCUT2D eigenvalue weighted by Crippen LogP contribution is -2.58. The molecule has 386 valence electrons. The van der Waals surface area contributed by atoms with Crippen LogP contribution in [-0.4, -0.2) is 134 Å². The van der Waals surface area contributed by atoms with Gasteiger partial charge >= 0.3 is 0 Å². The minimum Gasteiger partial charge on any atom is -0.366 e. The molecule has 1 spiro atoms. The largest absolute Gasteiger partial charge is 0.366 e. The highest BCUT2D eigenvalue weighted by Crippen LogP contribution is 2.52. The van der Waals surface area contributed by atoms with Gasteiger partial charge in [0.15, 0.2) is 5.82 Å². The Hall–Kier alpha value is -5.90. The lowest BCUT2D eigenvalue weighted by Gasteiger charge is -2.48. The first-order chi connectivity index (χ1) is 35.4. The lowest BCUT2D eigenvalue weighted by atomic mass is 9.73. The maximum absolute atomic E-state index is 15.3. The number of hydrogen-bond donors (Lipinski definition) is 2. The van der Waals surface area contributed by atoms with Crippen LogP contribution in [0.4, 0.5) is 17.3 Å². The summed E-state index contributed by atoms with van der Waals surface area (Å²) >= 11 is 0. The number of carbonyl (C=O) groups excluding carboxylic acids is 5. The molecule has 4 aromatic rings. The summed E-state index contributed by atoms with van der Waals surface area (Å²) in [7, 11) is 0. The Kier molecular flexibility index (Phi) is 12.8. The fourth-order valence-corrected chi connectivity index (χ4v) is 13.7. The van der Waals surface area contributed by atoms with E-state index in [0.29, 0.717) is 63.9 Å². The summed E-state index contributed by atoms with van der Waals surface area (Å²) in [6.45, 7) is 12.6. The highest BCUT2D eigenvalue weighted by atomic mass is 16.2. The van der Waals surface area contributed by atoms with Crippen LogP contribution in [-0.2, 0) is 29.4 Å². The molecule has 2 saturated carbocycles. The van der Waals surface area contributed by atoms with Gasteiger partial charge in [-0.1, -0.05) is 31.5 Å². The van der Waals surface area contributed by atoms with Gasteiger partial charge in [0, 0.05) is 99.1 Å². The second-order valence-electron chi connectivity index (χ2n) is 23.2. The molecule has 9 heterocycles. The molecule has 16 nitrogen and oxygen atoms in total. The zero-order valence-electron chi connectivity index (χ0n) is 43.1. The quantitative estimate of drug-likeness (QED) is 0.146. The van der Waals surface area contributed by atoms with Gasteiger partial charge in [0.25, 0.3) is 0 Å². The van der Waals surface area contributed by atoms with Gasteiger partial charge in [-0.15, -0.1) is 0 Å². The molecule has 8 aliphatic rings. The van der Waals surface area contributed by atoms with Crippen LogP contribution in [0.3, 0.4) is 0 Å². The van der Waals surface area contributed by atoms with Crippen molar-refractivity contribution in [2.75, 3.05) is 67.5 Å². The third kappa shape index (κ3) is 8.96. The Bertz CT molecular complexity index is 2770. The molecule has 2 unspecified atom stereocenters. The molecule has 6 aliphatic heterocycles. The second kappa shape index (κ2) is 19.4. The minimum absolute atomic E-state index is 0.0369. The van der Waals surface area contributed by atoms with Crippen molar-refractivity contribution < 1.29 is 24.0 Å². The first kappa shape index (κ1) is 48.1. The van der Waals surface area contributed by atoms with E-state index in [1.54, 1.807) is 6.20 Å². The Morgan fingerprint density at radius 2 is 1.53 bits per heavy atom. The van der Waals surface area contributed by atoms with E-state index in [1.807, 2.05) is 28.3 Å². The minimum atomic E-state index is -0.670. The molecular formula is C57H73N11O5. The van der Waals surface area contributed by atoms with E-state index in [4.69, 9.17) is 9.97 Å². The SMILES string of the molecule is CC(C(=O)N1CCC2(CC1)C(=O)N(C1CC(N3CCCCC3)C1)c1cc(-c3cc4ncn(C(C)C)c4c(NC4CC4)n3)ccc12)C1CCN(C(=O)C2CCN(c3ccc(C4CCC(=O)NC4=O)cn3)CC2)CC1. The van der Waals surface area contributed by atoms with E-state index in [0.717, 1.165) is 128 Å². The van der Waals surface area contributed by atoms with Crippen molar-refractivity contribution in [3.05, 3.63) is 60.0 Å². The average Bonchev–Trinajstić information content (AvgIpc) is 4.07. The zero-order valence-corrected chi connectivity index (χ0v) is 43.1. The summed E-state index contributed by atoms with van der Waals surface area (Å²) in [6, 6.07) is 13.9. The average molecular weight is 992 g/mol. The Morgan fingerprint density at radius 1 is 0.781 bits per heavy atom. The van der Waals surface area contributed by atoms with E-state index in [9.17, 15) is 19.2 Å². The van der Waals surface area contributed by atoms with Crippen molar-refractivity contribution in [3.63, 3.8) is 0 Å². The lowest BCUT2D eigenvalue weighted by molar-refractivity contribution is -0.142. The van der Waals surface area contributed by atoms with E-state index >= 15 is 4.79 Å². The number of amides is 5. The third-order valence-electron chi connectivity index (χ3n) is 18.5. The number of nitrogens with zero attached hydrogens (tertiary/aromatic N) is 9. The van der Waals surface area contributed by atoms with E-state index in [1.165, 1.54) is 19.3 Å². The van der Waals surface area contributed by atoms with Gasteiger partial charge in [-0.05, 0) is 146 Å². The number of nitrogens with one attached hydrogen (secondary N) is 2. The van der Waals surface area contributed by atoms with Crippen LogP contribution in [0.25, 0.3) is 22.3 Å². The monoisotopic (exact) mass is 992 g/mol. The van der Waals surface area contributed by atoms with Gasteiger partial charge < -0.3 is 34.4 Å². The van der Waals surface area contributed by atoms with Crippen LogP contribution in [0.15, 0.2) is 48.9 Å². The van der Waals surface area contributed by atoms with Crippen molar-refractivity contribution in [2.45, 2.75) is 153 Å². The molecule has 3 aromatic heterocycles. The number of rotatable bonds is 11. The van der Waals surface area contributed by atoms with Crippen LogP contribution >= 0.6 is 0 Å². The number of piperidine rings is 5. The van der Waals surface area contributed by atoms with Gasteiger partial charge in [-0.3, -0.25) is 29.3 Å². The van der Waals surface area contributed by atoms with Crippen molar-refractivity contribution in [2.24, 2.45) is 17.8 Å². The number of aromatic nitrogens is 4. The fourth-order valence-electron chi connectivity index (χ4n) is 13.7. The van der Waals surface area contributed by atoms with E-state index < -0.39 is 5.41 Å². The molecule has 73 heavy (non-hydrogen) atoms. The smallest absolute Gasteiger partial charge is 0.238 e. The molecule has 7 fully saturated rings. The molecule has 16 heteroatoms. The van der Waals surface area contributed by atoms with Crippen molar-refractivity contribution in [1.29, 1.82) is 0 Å². The first-order valence-electron chi connectivity index (χ1n) is 27.9. The summed E-state index contributed by atoms with van der Waals surface area (Å²) in [5.74, 6) is 1.46. The van der Waals surface area contributed by atoms with Gasteiger partial charge in [-0.25, -0.2) is 15.0 Å². The molecule has 5 amide bonds. The van der Waals surface area contributed by atoms with Gasteiger partial charge in [0.1, 0.15) is 11.3 Å². The van der Waals surface area contributed by atoms with Crippen molar-refractivity contribution >= 4 is 57.9 Å². The molecule has 12 rings (SSSR count). The van der Waals surface area contributed by atoms with Gasteiger partial charge in [0.05, 0.1) is 28.9 Å². The zero-order chi connectivity index (χ0) is 50.1. The topological polar surface area (TPSA) is 169 Å². The highest BCUT2D eigenvalue weighted by molar-refractivity contribution is 6.09. The molecule has 0 radical (unpaired) electrons. The maximum atomic E-state index is 15.3. The van der Waals surface area contributed by atoms with Crippen molar-refractivity contribution in [3.8, 4) is 11.3 Å². The third-order valence-corrected chi connectivity index (χ3v) is 18.5. The summed E-state index contributed by atoms with van der Waals surface area (Å²) in [6.07, 6.45) is 16.9. The number of pyridine rings is 2. The predicted octanol–water partition coefficient (Wildman–Crippen LogP) is 7.18. The molecule has 5 saturated heterocycles. The number of benzene rings is 1. The normalized spacial score (nSPS) is 25.6. The number of carbonyl (C=O) groups is 5. The number of hydrogen-bond acceptors (Lipinski definition) is 11. The van der Waals surface area contributed by atoms with Crippen LogP contribution in [0.2, 0.25) is 0 Å². The molecule has 0 bridgehead atoms. The summed E-state index contributed by atoms with van der Waals surface area (Å²) in [5, 5.41) is 6.14. The van der Waals surface area contributed by atoms with E-state index in [-0.39, 0.29) is 65.3 Å². The highest BCUT2D eigenvalue weighted by Gasteiger charge is 2.56. The number of anilines is 3. The number of likely N-dealkylation sites (tertiary alicyclic amines) is 3. The van der Waals surface area contributed by atoms with Crippen LogP contribution in [0.1, 0.15) is 140 Å².